The van der Waals surface area contributed by atoms with E-state index < -0.39 is 30.1 Å². The van der Waals surface area contributed by atoms with Crippen LogP contribution in [-0.2, 0) is 16.0 Å². The molecule has 2 aliphatic heterocycles. The molecule has 37 heavy (non-hydrogen) atoms. The topological polar surface area (TPSA) is 122 Å². The first-order valence-electron chi connectivity index (χ1n) is 12.3. The van der Waals surface area contributed by atoms with E-state index in [0.29, 0.717) is 21.9 Å². The van der Waals surface area contributed by atoms with Crippen LogP contribution in [0, 0.1) is 18.7 Å². The lowest BCUT2D eigenvalue weighted by Crippen LogP contribution is -2.56. The minimum Gasteiger partial charge on any atom is -0.442 e. The van der Waals surface area contributed by atoms with E-state index in [1.165, 1.54) is 11.1 Å². The summed E-state index contributed by atoms with van der Waals surface area (Å²) in [6.07, 6.45) is 2.97. The zero-order valence-electron chi connectivity index (χ0n) is 20.2. The summed E-state index contributed by atoms with van der Waals surface area (Å²) in [6.45, 7) is 3.25. The number of ether oxygens (including phenoxy) is 1. The Labute approximate surface area is 211 Å². The van der Waals surface area contributed by atoms with Gasteiger partial charge in [0.25, 0.3) is 0 Å². The first kappa shape index (κ1) is 23.4. The molecule has 4 N–H and O–H groups in total. The number of nitrogens with one attached hydrogen (secondary N) is 2. The molecule has 1 saturated heterocycles. The number of nitrogen functional groups attached to an aromatic ring is 1. The molecule has 0 radical (unpaired) electrons. The Morgan fingerprint density at radius 1 is 1.22 bits per heavy atom. The number of nitrogens with zero attached hydrogens (tertiary/aromatic N) is 3. The average Bonchev–Trinajstić information content (AvgIpc) is 3.60. The molecular formula is C26H26F2N6O3. The van der Waals surface area contributed by atoms with E-state index in [-0.39, 0.29) is 36.9 Å². The fraction of sp³-hybridized carbons (Fsp3) is 0.385. The summed E-state index contributed by atoms with van der Waals surface area (Å²) in [4.78, 5) is 34.6. The Bertz CT molecular complexity index is 1440. The van der Waals surface area contributed by atoms with E-state index in [1.54, 1.807) is 18.3 Å². The number of carbonyl (C=O) groups is 2. The molecule has 2 atom stereocenters. The van der Waals surface area contributed by atoms with Crippen LogP contribution in [0.25, 0.3) is 21.9 Å². The average molecular weight is 509 g/mol. The van der Waals surface area contributed by atoms with Crippen LogP contribution in [0.1, 0.15) is 24.1 Å². The number of aryl methyl sites for hydroxylation is 1. The fourth-order valence-electron chi connectivity index (χ4n) is 5.01. The second-order valence-corrected chi connectivity index (χ2v) is 9.85. The Hall–Kier alpha value is -4.02. The van der Waals surface area contributed by atoms with Gasteiger partial charge in [0.1, 0.15) is 18.1 Å². The van der Waals surface area contributed by atoms with E-state index in [2.05, 4.69) is 20.6 Å². The Morgan fingerprint density at radius 3 is 2.76 bits per heavy atom. The van der Waals surface area contributed by atoms with E-state index >= 15 is 4.39 Å². The quantitative estimate of drug-likeness (QED) is 0.458. The second-order valence-electron chi connectivity index (χ2n) is 9.85. The van der Waals surface area contributed by atoms with Crippen molar-refractivity contribution in [3.8, 4) is 11.1 Å². The van der Waals surface area contributed by atoms with Gasteiger partial charge in [0.15, 0.2) is 5.82 Å². The third kappa shape index (κ3) is 4.17. The lowest BCUT2D eigenvalue weighted by molar-refractivity contribution is -0.143. The van der Waals surface area contributed by atoms with Crippen LogP contribution in [-0.4, -0.2) is 58.8 Å². The predicted molar refractivity (Wildman–Crippen MR) is 134 cm³/mol. The maximum atomic E-state index is 15.4. The molecule has 2 amide bonds. The number of halogens is 2. The van der Waals surface area contributed by atoms with Crippen LogP contribution in [0.3, 0.4) is 0 Å². The van der Waals surface area contributed by atoms with Gasteiger partial charge in [0, 0.05) is 35.5 Å². The zero-order chi connectivity index (χ0) is 25.8. The fourth-order valence-corrected chi connectivity index (χ4v) is 5.01. The van der Waals surface area contributed by atoms with Crippen molar-refractivity contribution in [2.24, 2.45) is 5.92 Å². The number of fused-ring (bicyclic) bond motifs is 2. The lowest BCUT2D eigenvalue weighted by Gasteiger charge is -2.38. The smallest absolute Gasteiger partial charge is 0.413 e. The van der Waals surface area contributed by atoms with Gasteiger partial charge in [0.05, 0.1) is 36.1 Å². The van der Waals surface area contributed by atoms with E-state index in [4.69, 9.17) is 10.5 Å². The third-order valence-electron chi connectivity index (χ3n) is 7.29. The van der Waals surface area contributed by atoms with Gasteiger partial charge in [0.2, 0.25) is 5.91 Å². The van der Waals surface area contributed by atoms with E-state index in [9.17, 15) is 14.0 Å². The Morgan fingerprint density at radius 2 is 2.00 bits per heavy atom. The first-order chi connectivity index (χ1) is 17.8. The van der Waals surface area contributed by atoms with E-state index in [0.717, 1.165) is 36.3 Å². The number of amides is 2. The number of hydrogen-bond donors (Lipinski definition) is 3. The molecule has 11 heteroatoms. The van der Waals surface area contributed by atoms with Crippen LogP contribution >= 0.6 is 0 Å². The van der Waals surface area contributed by atoms with Crippen molar-refractivity contribution in [3.05, 3.63) is 41.6 Å². The molecule has 1 aromatic carbocycles. The molecule has 1 aliphatic carbocycles. The number of rotatable bonds is 4. The molecule has 192 valence electrons. The van der Waals surface area contributed by atoms with Crippen LogP contribution < -0.4 is 16.4 Å². The van der Waals surface area contributed by atoms with Crippen molar-refractivity contribution < 1.29 is 23.1 Å². The summed E-state index contributed by atoms with van der Waals surface area (Å²) in [7, 11) is 0. The molecule has 0 unspecified atom stereocenters. The van der Waals surface area contributed by atoms with Gasteiger partial charge in [-0.15, -0.1) is 0 Å². The number of hydrogen-bond acceptors (Lipinski definition) is 7. The highest BCUT2D eigenvalue weighted by Crippen LogP contribution is 2.39. The Kier molecular flexibility index (Phi) is 5.58. The molecule has 1 saturated carbocycles. The summed E-state index contributed by atoms with van der Waals surface area (Å²) in [5.74, 6) is -1.12. The zero-order valence-corrected chi connectivity index (χ0v) is 20.2. The second kappa shape index (κ2) is 8.82. The van der Waals surface area contributed by atoms with Crippen molar-refractivity contribution in [2.45, 2.75) is 38.5 Å². The highest BCUT2D eigenvalue weighted by atomic mass is 19.1. The summed E-state index contributed by atoms with van der Waals surface area (Å²) in [5, 5.41) is 6.94. The number of pyridine rings is 2. The molecule has 0 bridgehead atoms. The van der Waals surface area contributed by atoms with Gasteiger partial charge in [-0.3, -0.25) is 15.1 Å². The molecule has 9 nitrogen and oxygen atoms in total. The summed E-state index contributed by atoms with van der Waals surface area (Å²) in [5.41, 5.74) is 9.85. The standard InChI is InChI=1S/C26H26F2N6O3/c1-12-17(8-31-20-3-2-4-30-24(12)20)15-5-13-6-21(32-9-18(13)23(29)22(15)28)33-26(36)37-14-10-34(11-14)25(35)16-7-19(16)27/h5-6,8-9,14,16,19,30H,2-4,7,10-11,29H2,1H3,(H,32,33,36)/t16-,19+/m1/s1. The number of aromatic nitrogens is 2. The van der Waals surface area contributed by atoms with Crippen LogP contribution in [0.5, 0.6) is 0 Å². The highest BCUT2D eigenvalue weighted by Gasteiger charge is 2.48. The minimum absolute atomic E-state index is 0.0374. The van der Waals surface area contributed by atoms with Crippen LogP contribution in [0.2, 0.25) is 0 Å². The largest absolute Gasteiger partial charge is 0.442 e. The molecule has 6 rings (SSSR count). The lowest BCUT2D eigenvalue weighted by atomic mass is 9.95. The van der Waals surface area contributed by atoms with Crippen molar-refractivity contribution in [1.29, 1.82) is 0 Å². The first-order valence-corrected chi connectivity index (χ1v) is 12.3. The number of nitrogens with two attached hydrogens (primary N) is 1. The molecule has 2 fully saturated rings. The van der Waals surface area contributed by atoms with Gasteiger partial charge >= 0.3 is 6.09 Å². The molecule has 0 spiro atoms. The molecule has 3 aromatic rings. The van der Waals surface area contributed by atoms with Gasteiger partial charge in [-0.2, -0.15) is 0 Å². The molecule has 4 heterocycles. The molecule has 3 aliphatic rings. The summed E-state index contributed by atoms with van der Waals surface area (Å²) >= 11 is 0. The number of alkyl halides is 1. The monoisotopic (exact) mass is 508 g/mol. The van der Waals surface area contributed by atoms with Crippen molar-refractivity contribution in [2.75, 3.05) is 36.0 Å². The highest BCUT2D eigenvalue weighted by molar-refractivity contribution is 5.99. The third-order valence-corrected chi connectivity index (χ3v) is 7.29. The van der Waals surface area contributed by atoms with Gasteiger partial charge in [-0.25, -0.2) is 18.6 Å². The number of likely N-dealkylation sites (tertiary alicyclic amines) is 1. The number of benzene rings is 1. The van der Waals surface area contributed by atoms with Crippen molar-refractivity contribution in [1.82, 2.24) is 14.9 Å². The maximum Gasteiger partial charge on any atom is 0.413 e. The van der Waals surface area contributed by atoms with E-state index in [1.807, 2.05) is 6.92 Å². The SMILES string of the molecule is Cc1c(-c2cc3cc(NC(=O)OC4CN(C(=O)[C@@H]5C[C@@H]5F)C4)ncc3c(N)c2F)cnc2c1NCCC2. The Balaban J connectivity index is 1.20. The normalized spacial score (nSPS) is 20.6. The van der Waals surface area contributed by atoms with Gasteiger partial charge in [-0.1, -0.05) is 0 Å². The number of anilines is 3. The van der Waals surface area contributed by atoms with Crippen molar-refractivity contribution >= 4 is 40.0 Å². The summed E-state index contributed by atoms with van der Waals surface area (Å²) in [6, 6.07) is 3.27. The van der Waals surface area contributed by atoms with Crippen molar-refractivity contribution in [3.63, 3.8) is 0 Å². The van der Waals surface area contributed by atoms with Gasteiger partial charge < -0.3 is 20.7 Å². The molecular weight excluding hydrogens is 482 g/mol. The van der Waals surface area contributed by atoms with Crippen LogP contribution in [0.15, 0.2) is 24.5 Å². The van der Waals surface area contributed by atoms with Gasteiger partial charge in [-0.05, 0) is 49.3 Å². The maximum absolute atomic E-state index is 15.4. The number of carbonyl (C=O) groups excluding carboxylic acids is 2. The van der Waals surface area contributed by atoms with Crippen LogP contribution in [0.4, 0.5) is 30.8 Å². The summed E-state index contributed by atoms with van der Waals surface area (Å²) < 4.78 is 33.8. The molecule has 2 aromatic heterocycles. The predicted octanol–water partition coefficient (Wildman–Crippen LogP) is 3.80. The minimum atomic E-state index is -1.05.